The monoisotopic (exact) mass is 305 g/mol. The van der Waals surface area contributed by atoms with Crippen molar-refractivity contribution in [2.45, 2.75) is 11.4 Å². The van der Waals surface area contributed by atoms with Gasteiger partial charge in [-0.25, -0.2) is 13.1 Å². The molecule has 1 aromatic heterocycles. The zero-order valence-corrected chi connectivity index (χ0v) is 11.4. The molecule has 0 saturated heterocycles. The Balaban J connectivity index is 2.20. The van der Waals surface area contributed by atoms with Gasteiger partial charge in [-0.15, -0.1) is 0 Å². The Kier molecular flexibility index (Phi) is 3.97. The summed E-state index contributed by atoms with van der Waals surface area (Å²) in [6, 6.07) is 7.48. The summed E-state index contributed by atoms with van der Waals surface area (Å²) in [5.74, 6) is 0.520. The third-order valence-electron chi connectivity index (χ3n) is 2.16. The van der Waals surface area contributed by atoms with E-state index < -0.39 is 10.0 Å². The average Bonchev–Trinajstić information content (AvgIpc) is 2.78. The van der Waals surface area contributed by atoms with Crippen molar-refractivity contribution >= 4 is 33.2 Å². The van der Waals surface area contributed by atoms with Gasteiger partial charge in [0, 0.05) is 10.0 Å². The van der Waals surface area contributed by atoms with Crippen molar-refractivity contribution in [2.24, 2.45) is 0 Å². The standard InChI is InChI=1S/C11H9Cl2NO3S/c12-8-4-9(13)6-11(5-8)18(15,16)14-7-10-2-1-3-17-10/h1-6,14H,7H2. The van der Waals surface area contributed by atoms with Gasteiger partial charge in [-0.1, -0.05) is 23.2 Å². The Hall–Kier alpha value is -1.01. The molecule has 0 spiro atoms. The molecule has 1 heterocycles. The zero-order chi connectivity index (χ0) is 13.2. The van der Waals surface area contributed by atoms with Gasteiger partial charge in [0.05, 0.1) is 17.7 Å². The molecule has 0 amide bonds. The average molecular weight is 306 g/mol. The lowest BCUT2D eigenvalue weighted by Crippen LogP contribution is -2.23. The molecule has 7 heteroatoms. The van der Waals surface area contributed by atoms with Gasteiger partial charge >= 0.3 is 0 Å². The first-order chi connectivity index (χ1) is 8.47. The summed E-state index contributed by atoms with van der Waals surface area (Å²) in [4.78, 5) is 0.0200. The first kappa shape index (κ1) is 13.4. The van der Waals surface area contributed by atoms with Crippen molar-refractivity contribution in [3.8, 4) is 0 Å². The molecular formula is C11H9Cl2NO3S. The van der Waals surface area contributed by atoms with E-state index >= 15 is 0 Å². The van der Waals surface area contributed by atoms with E-state index in [0.29, 0.717) is 5.76 Å². The van der Waals surface area contributed by atoms with E-state index in [9.17, 15) is 8.42 Å². The van der Waals surface area contributed by atoms with E-state index in [1.165, 1.54) is 24.5 Å². The highest BCUT2D eigenvalue weighted by molar-refractivity contribution is 7.89. The van der Waals surface area contributed by atoms with E-state index in [2.05, 4.69) is 4.72 Å². The Morgan fingerprint density at radius 1 is 1.17 bits per heavy atom. The molecule has 0 aliphatic rings. The van der Waals surface area contributed by atoms with Crippen LogP contribution in [0.5, 0.6) is 0 Å². The minimum absolute atomic E-state index is 0.0200. The van der Waals surface area contributed by atoms with Crippen LogP contribution in [-0.4, -0.2) is 8.42 Å². The Bertz CT molecular complexity index is 618. The number of hydrogen-bond donors (Lipinski definition) is 1. The number of sulfonamides is 1. The summed E-state index contributed by atoms with van der Waals surface area (Å²) in [6.07, 6.45) is 1.47. The summed E-state index contributed by atoms with van der Waals surface area (Å²) in [5.41, 5.74) is 0. The third-order valence-corrected chi connectivity index (χ3v) is 3.98. The summed E-state index contributed by atoms with van der Waals surface area (Å²) in [5, 5.41) is 0.529. The number of furan rings is 1. The van der Waals surface area contributed by atoms with E-state index in [1.807, 2.05) is 0 Å². The number of hydrogen-bond acceptors (Lipinski definition) is 3. The summed E-state index contributed by atoms with van der Waals surface area (Å²) < 4.78 is 31.3. The van der Waals surface area contributed by atoms with Gasteiger partial charge in [0.2, 0.25) is 10.0 Å². The fourth-order valence-corrected chi connectivity index (χ4v) is 3.06. The lowest BCUT2D eigenvalue weighted by Gasteiger charge is -2.06. The minimum atomic E-state index is -3.66. The second-order valence-electron chi connectivity index (χ2n) is 3.51. The molecule has 4 nitrogen and oxygen atoms in total. The van der Waals surface area contributed by atoms with Crippen molar-refractivity contribution in [2.75, 3.05) is 0 Å². The second-order valence-corrected chi connectivity index (χ2v) is 6.15. The van der Waals surface area contributed by atoms with Crippen LogP contribution in [0.25, 0.3) is 0 Å². The van der Waals surface area contributed by atoms with Crippen LogP contribution in [0.3, 0.4) is 0 Å². The highest BCUT2D eigenvalue weighted by Gasteiger charge is 2.15. The highest BCUT2D eigenvalue weighted by Crippen LogP contribution is 2.22. The molecule has 1 N–H and O–H groups in total. The molecule has 0 unspecified atom stereocenters. The normalized spacial score (nSPS) is 11.7. The van der Waals surface area contributed by atoms with Gasteiger partial charge in [-0.3, -0.25) is 0 Å². The first-order valence-corrected chi connectivity index (χ1v) is 7.19. The summed E-state index contributed by atoms with van der Waals surface area (Å²) in [7, 11) is -3.66. The Labute approximate surface area is 115 Å². The molecule has 0 aliphatic heterocycles. The van der Waals surface area contributed by atoms with Crippen LogP contribution in [0.15, 0.2) is 45.9 Å². The fraction of sp³-hybridized carbons (Fsp3) is 0.0909. The molecule has 96 valence electrons. The van der Waals surface area contributed by atoms with Crippen LogP contribution in [-0.2, 0) is 16.6 Å². The maximum absolute atomic E-state index is 12.0. The van der Waals surface area contributed by atoms with E-state index in [-0.39, 0.29) is 21.5 Å². The van der Waals surface area contributed by atoms with Crippen LogP contribution in [0.2, 0.25) is 10.0 Å². The molecular weight excluding hydrogens is 297 g/mol. The maximum Gasteiger partial charge on any atom is 0.241 e. The topological polar surface area (TPSA) is 59.3 Å². The van der Waals surface area contributed by atoms with E-state index in [1.54, 1.807) is 12.1 Å². The molecule has 0 radical (unpaired) electrons. The van der Waals surface area contributed by atoms with Gasteiger partial charge in [0.15, 0.2) is 0 Å². The Morgan fingerprint density at radius 3 is 2.39 bits per heavy atom. The number of benzene rings is 1. The number of halogens is 2. The number of nitrogens with one attached hydrogen (secondary N) is 1. The van der Waals surface area contributed by atoms with Crippen LogP contribution >= 0.6 is 23.2 Å². The van der Waals surface area contributed by atoms with Gasteiger partial charge in [0.25, 0.3) is 0 Å². The second kappa shape index (κ2) is 5.32. The number of rotatable bonds is 4. The smallest absolute Gasteiger partial charge is 0.241 e. The van der Waals surface area contributed by atoms with Crippen molar-refractivity contribution < 1.29 is 12.8 Å². The highest BCUT2D eigenvalue weighted by atomic mass is 35.5. The van der Waals surface area contributed by atoms with Gasteiger partial charge in [-0.2, -0.15) is 0 Å². The Morgan fingerprint density at radius 2 is 1.83 bits per heavy atom. The summed E-state index contributed by atoms with van der Waals surface area (Å²) in [6.45, 7) is 0.0689. The predicted octanol–water partition coefficient (Wildman–Crippen LogP) is 3.06. The van der Waals surface area contributed by atoms with Gasteiger partial charge in [0.1, 0.15) is 5.76 Å². The van der Waals surface area contributed by atoms with E-state index in [4.69, 9.17) is 27.6 Å². The van der Waals surface area contributed by atoms with Gasteiger partial charge in [-0.05, 0) is 30.3 Å². The largest absolute Gasteiger partial charge is 0.468 e. The lowest BCUT2D eigenvalue weighted by atomic mass is 10.4. The van der Waals surface area contributed by atoms with Crippen LogP contribution < -0.4 is 4.72 Å². The SMILES string of the molecule is O=S(=O)(NCc1ccco1)c1cc(Cl)cc(Cl)c1. The van der Waals surface area contributed by atoms with Crippen molar-refractivity contribution in [3.63, 3.8) is 0 Å². The molecule has 0 atom stereocenters. The molecule has 0 saturated carbocycles. The molecule has 0 aliphatic carbocycles. The molecule has 18 heavy (non-hydrogen) atoms. The fourth-order valence-electron chi connectivity index (χ4n) is 1.35. The van der Waals surface area contributed by atoms with Crippen molar-refractivity contribution in [1.29, 1.82) is 0 Å². The van der Waals surface area contributed by atoms with E-state index in [0.717, 1.165) is 0 Å². The van der Waals surface area contributed by atoms with Crippen molar-refractivity contribution in [3.05, 3.63) is 52.4 Å². The maximum atomic E-state index is 12.0. The van der Waals surface area contributed by atoms with Crippen molar-refractivity contribution in [1.82, 2.24) is 4.72 Å². The lowest BCUT2D eigenvalue weighted by molar-refractivity contribution is 0.498. The molecule has 2 aromatic rings. The van der Waals surface area contributed by atoms with Gasteiger partial charge < -0.3 is 4.42 Å². The van der Waals surface area contributed by atoms with Crippen LogP contribution in [0, 0.1) is 0 Å². The molecule has 0 fully saturated rings. The summed E-state index contributed by atoms with van der Waals surface area (Å²) >= 11 is 11.5. The molecule has 1 aromatic carbocycles. The quantitative estimate of drug-likeness (QED) is 0.944. The molecule has 2 rings (SSSR count). The zero-order valence-electron chi connectivity index (χ0n) is 9.06. The minimum Gasteiger partial charge on any atom is -0.468 e. The van der Waals surface area contributed by atoms with Crippen LogP contribution in [0.4, 0.5) is 0 Å². The molecule has 0 bridgehead atoms. The predicted molar refractivity (Wildman–Crippen MR) is 69.2 cm³/mol. The third kappa shape index (κ3) is 3.26. The first-order valence-electron chi connectivity index (χ1n) is 4.95. The van der Waals surface area contributed by atoms with Crippen LogP contribution in [0.1, 0.15) is 5.76 Å².